The summed E-state index contributed by atoms with van der Waals surface area (Å²) in [5, 5.41) is 3.34. The standard InChI is InChI=1S/C24H26ClN3O4/c25-20-9-8-18(28-12-4-7-22(28)29)15-21(20)26-24(31)17-10-13-27(14-11-17)23(30)16-32-19-5-2-1-3-6-19/h1-3,5-6,8-9,15,17H,4,7,10-14,16H2,(H,26,31). The molecule has 4 rings (SSSR count). The molecular weight excluding hydrogens is 430 g/mol. The number of halogens is 1. The molecule has 3 amide bonds. The van der Waals surface area contributed by atoms with Gasteiger partial charge in [-0.3, -0.25) is 14.4 Å². The Bertz CT molecular complexity index is 990. The van der Waals surface area contributed by atoms with E-state index in [0.717, 1.165) is 12.1 Å². The Balaban J connectivity index is 1.29. The van der Waals surface area contributed by atoms with E-state index in [1.165, 1.54) is 0 Å². The average Bonchev–Trinajstić information content (AvgIpc) is 3.25. The number of benzene rings is 2. The molecule has 0 saturated carbocycles. The molecule has 2 saturated heterocycles. The van der Waals surface area contributed by atoms with Crippen molar-refractivity contribution < 1.29 is 19.1 Å². The van der Waals surface area contributed by atoms with E-state index >= 15 is 0 Å². The third-order valence-corrected chi connectivity index (χ3v) is 6.25. The number of carbonyl (C=O) groups excluding carboxylic acids is 3. The van der Waals surface area contributed by atoms with E-state index in [2.05, 4.69) is 5.32 Å². The molecule has 2 fully saturated rings. The maximum absolute atomic E-state index is 12.8. The summed E-state index contributed by atoms with van der Waals surface area (Å²) in [5.74, 6) is 0.327. The molecule has 2 aliphatic rings. The van der Waals surface area contributed by atoms with Crippen molar-refractivity contribution in [2.75, 3.05) is 36.5 Å². The zero-order chi connectivity index (χ0) is 22.5. The Labute approximate surface area is 192 Å². The Morgan fingerprint density at radius 2 is 1.81 bits per heavy atom. The van der Waals surface area contributed by atoms with Crippen LogP contribution in [0, 0.1) is 5.92 Å². The van der Waals surface area contributed by atoms with Crippen LogP contribution in [-0.2, 0) is 14.4 Å². The Morgan fingerprint density at radius 1 is 1.06 bits per heavy atom. The fraction of sp³-hybridized carbons (Fsp3) is 0.375. The molecule has 0 unspecified atom stereocenters. The molecule has 2 heterocycles. The number of para-hydroxylation sites is 1. The molecule has 0 bridgehead atoms. The maximum Gasteiger partial charge on any atom is 0.260 e. The predicted molar refractivity (Wildman–Crippen MR) is 123 cm³/mol. The number of piperidine rings is 1. The van der Waals surface area contributed by atoms with Gasteiger partial charge in [0.25, 0.3) is 5.91 Å². The van der Waals surface area contributed by atoms with Crippen LogP contribution in [0.2, 0.25) is 5.02 Å². The average molecular weight is 456 g/mol. The van der Waals surface area contributed by atoms with Crippen molar-refractivity contribution in [3.63, 3.8) is 0 Å². The normalized spacial score (nSPS) is 16.8. The molecule has 32 heavy (non-hydrogen) atoms. The van der Waals surface area contributed by atoms with Crippen LogP contribution in [0.1, 0.15) is 25.7 Å². The Kier molecular flexibility index (Phi) is 6.95. The van der Waals surface area contributed by atoms with Gasteiger partial charge in [-0.2, -0.15) is 0 Å². The van der Waals surface area contributed by atoms with Gasteiger partial charge in [0.15, 0.2) is 6.61 Å². The quantitative estimate of drug-likeness (QED) is 0.720. The van der Waals surface area contributed by atoms with Gasteiger partial charge in [-0.05, 0) is 49.6 Å². The number of nitrogens with one attached hydrogen (secondary N) is 1. The van der Waals surface area contributed by atoms with Crippen LogP contribution in [0.15, 0.2) is 48.5 Å². The lowest BCUT2D eigenvalue weighted by Gasteiger charge is -2.31. The zero-order valence-electron chi connectivity index (χ0n) is 17.8. The van der Waals surface area contributed by atoms with Gasteiger partial charge in [0, 0.05) is 37.7 Å². The molecule has 1 N–H and O–H groups in total. The van der Waals surface area contributed by atoms with Crippen LogP contribution in [-0.4, -0.2) is 48.9 Å². The first-order chi connectivity index (χ1) is 15.5. The number of likely N-dealkylation sites (tertiary alicyclic amines) is 1. The predicted octanol–water partition coefficient (Wildman–Crippen LogP) is 3.72. The third kappa shape index (κ3) is 5.22. The fourth-order valence-electron chi connectivity index (χ4n) is 4.08. The van der Waals surface area contributed by atoms with Gasteiger partial charge in [0.05, 0.1) is 10.7 Å². The van der Waals surface area contributed by atoms with Crippen LogP contribution in [0.4, 0.5) is 11.4 Å². The summed E-state index contributed by atoms with van der Waals surface area (Å²) < 4.78 is 5.54. The molecular formula is C24H26ClN3O4. The van der Waals surface area contributed by atoms with E-state index in [9.17, 15) is 14.4 Å². The highest BCUT2D eigenvalue weighted by atomic mass is 35.5. The van der Waals surface area contributed by atoms with Crippen LogP contribution < -0.4 is 15.0 Å². The highest BCUT2D eigenvalue weighted by Gasteiger charge is 2.28. The first-order valence-corrected chi connectivity index (χ1v) is 11.3. The van der Waals surface area contributed by atoms with Crippen molar-refractivity contribution >= 4 is 40.7 Å². The van der Waals surface area contributed by atoms with Crippen molar-refractivity contribution in [2.45, 2.75) is 25.7 Å². The van der Waals surface area contributed by atoms with Crippen molar-refractivity contribution in [2.24, 2.45) is 5.92 Å². The summed E-state index contributed by atoms with van der Waals surface area (Å²) in [6, 6.07) is 14.5. The first-order valence-electron chi connectivity index (χ1n) is 10.9. The third-order valence-electron chi connectivity index (χ3n) is 5.92. The van der Waals surface area contributed by atoms with E-state index in [-0.39, 0.29) is 30.2 Å². The topological polar surface area (TPSA) is 79.0 Å². The van der Waals surface area contributed by atoms with Crippen molar-refractivity contribution in [1.29, 1.82) is 0 Å². The summed E-state index contributed by atoms with van der Waals surface area (Å²) in [5.41, 5.74) is 1.25. The van der Waals surface area contributed by atoms with E-state index < -0.39 is 0 Å². The van der Waals surface area contributed by atoms with E-state index in [1.54, 1.807) is 28.0 Å². The minimum Gasteiger partial charge on any atom is -0.484 e. The number of hydrogen-bond acceptors (Lipinski definition) is 4. The number of ether oxygens (including phenoxy) is 1. The zero-order valence-corrected chi connectivity index (χ0v) is 18.5. The summed E-state index contributed by atoms with van der Waals surface area (Å²) >= 11 is 6.29. The lowest BCUT2D eigenvalue weighted by Crippen LogP contribution is -2.43. The van der Waals surface area contributed by atoms with Gasteiger partial charge >= 0.3 is 0 Å². The summed E-state index contributed by atoms with van der Waals surface area (Å²) in [4.78, 5) is 40.7. The first kappa shape index (κ1) is 22.1. The number of nitrogens with zero attached hydrogens (tertiary/aromatic N) is 2. The fourth-order valence-corrected chi connectivity index (χ4v) is 4.24. The minimum absolute atomic E-state index is 0.0154. The molecule has 0 aromatic heterocycles. The SMILES string of the molecule is O=C(Nc1cc(N2CCCC2=O)ccc1Cl)C1CCN(C(=O)COc2ccccc2)CC1. The smallest absolute Gasteiger partial charge is 0.260 e. The van der Waals surface area contributed by atoms with Gasteiger partial charge in [-0.15, -0.1) is 0 Å². The monoisotopic (exact) mass is 455 g/mol. The van der Waals surface area contributed by atoms with E-state index in [4.69, 9.17) is 16.3 Å². The molecule has 2 aromatic rings. The van der Waals surface area contributed by atoms with Gasteiger partial charge in [-0.1, -0.05) is 29.8 Å². The number of hydrogen-bond donors (Lipinski definition) is 1. The highest BCUT2D eigenvalue weighted by Crippen LogP contribution is 2.31. The number of rotatable bonds is 6. The van der Waals surface area contributed by atoms with Gasteiger partial charge in [0.2, 0.25) is 11.8 Å². The molecule has 2 aromatic carbocycles. The second-order valence-electron chi connectivity index (χ2n) is 8.06. The molecule has 0 radical (unpaired) electrons. The Hall–Kier alpha value is -3.06. The van der Waals surface area contributed by atoms with Gasteiger partial charge in [-0.25, -0.2) is 0 Å². The second-order valence-corrected chi connectivity index (χ2v) is 8.47. The Morgan fingerprint density at radius 3 is 2.50 bits per heavy atom. The van der Waals surface area contributed by atoms with Crippen molar-refractivity contribution in [3.05, 3.63) is 53.6 Å². The lowest BCUT2D eigenvalue weighted by molar-refractivity contribution is -0.136. The van der Waals surface area contributed by atoms with Gasteiger partial charge < -0.3 is 19.9 Å². The van der Waals surface area contributed by atoms with Crippen molar-refractivity contribution in [1.82, 2.24) is 4.90 Å². The maximum atomic E-state index is 12.8. The van der Waals surface area contributed by atoms with Gasteiger partial charge in [0.1, 0.15) is 5.75 Å². The summed E-state index contributed by atoms with van der Waals surface area (Å²) in [7, 11) is 0. The van der Waals surface area contributed by atoms with Crippen LogP contribution >= 0.6 is 11.6 Å². The highest BCUT2D eigenvalue weighted by molar-refractivity contribution is 6.34. The molecule has 2 aliphatic heterocycles. The van der Waals surface area contributed by atoms with Crippen LogP contribution in [0.3, 0.4) is 0 Å². The molecule has 8 heteroatoms. The molecule has 0 aliphatic carbocycles. The summed E-state index contributed by atoms with van der Waals surface area (Å²) in [6.07, 6.45) is 2.52. The summed E-state index contributed by atoms with van der Waals surface area (Å²) in [6.45, 7) is 1.67. The van der Waals surface area contributed by atoms with Crippen LogP contribution in [0.5, 0.6) is 5.75 Å². The number of anilines is 2. The van der Waals surface area contributed by atoms with Crippen molar-refractivity contribution in [3.8, 4) is 5.75 Å². The molecule has 168 valence electrons. The minimum atomic E-state index is -0.206. The largest absolute Gasteiger partial charge is 0.484 e. The second kappa shape index (κ2) is 10.0. The molecule has 0 spiro atoms. The number of amides is 3. The van der Waals surface area contributed by atoms with E-state index in [1.807, 2.05) is 30.3 Å². The number of carbonyl (C=O) groups is 3. The van der Waals surface area contributed by atoms with E-state index in [0.29, 0.717) is 55.4 Å². The van der Waals surface area contributed by atoms with Crippen LogP contribution in [0.25, 0.3) is 0 Å². The molecule has 0 atom stereocenters. The lowest BCUT2D eigenvalue weighted by atomic mass is 9.95. The molecule has 7 nitrogen and oxygen atoms in total.